The van der Waals surface area contributed by atoms with E-state index in [2.05, 4.69) is 5.32 Å². The van der Waals surface area contributed by atoms with Crippen LogP contribution in [0.3, 0.4) is 0 Å². The molecule has 0 bridgehead atoms. The molecule has 0 fully saturated rings. The Hall–Kier alpha value is -1.07. The second-order valence-electron chi connectivity index (χ2n) is 5.23. The van der Waals surface area contributed by atoms with E-state index in [0.29, 0.717) is 6.42 Å². The van der Waals surface area contributed by atoms with Gasteiger partial charge in [0, 0.05) is 6.04 Å². The predicted molar refractivity (Wildman–Crippen MR) is 87.6 cm³/mol. The van der Waals surface area contributed by atoms with Crippen LogP contribution in [0.1, 0.15) is 45.2 Å². The van der Waals surface area contributed by atoms with E-state index >= 15 is 0 Å². The lowest BCUT2D eigenvalue weighted by Crippen LogP contribution is -2.36. The van der Waals surface area contributed by atoms with Gasteiger partial charge in [-0.25, -0.2) is 8.42 Å². The maximum atomic E-state index is 12.4. The maximum Gasteiger partial charge on any atom is 0.154 e. The fraction of sp³-hybridized carbons (Fsp3) is 0.625. The van der Waals surface area contributed by atoms with E-state index in [0.717, 1.165) is 24.3 Å². The molecule has 0 saturated carbocycles. The van der Waals surface area contributed by atoms with E-state index in [1.165, 1.54) is 0 Å². The van der Waals surface area contributed by atoms with Gasteiger partial charge in [0.25, 0.3) is 0 Å². The largest absolute Gasteiger partial charge is 0.497 e. The number of nitrogens with one attached hydrogen (secondary N) is 1. The van der Waals surface area contributed by atoms with Crippen molar-refractivity contribution in [3.63, 3.8) is 0 Å². The van der Waals surface area contributed by atoms with Crippen molar-refractivity contribution < 1.29 is 13.2 Å². The highest BCUT2D eigenvalue weighted by atomic mass is 32.2. The van der Waals surface area contributed by atoms with Crippen molar-refractivity contribution in [1.29, 1.82) is 0 Å². The lowest BCUT2D eigenvalue weighted by molar-refractivity contribution is 0.414. The van der Waals surface area contributed by atoms with Gasteiger partial charge in [-0.1, -0.05) is 32.4 Å². The van der Waals surface area contributed by atoms with Crippen molar-refractivity contribution in [3.05, 3.63) is 29.8 Å². The zero-order chi connectivity index (χ0) is 15.9. The number of methoxy groups -OCH3 is 1. The number of sulfone groups is 1. The van der Waals surface area contributed by atoms with Crippen LogP contribution in [0.5, 0.6) is 5.75 Å². The summed E-state index contributed by atoms with van der Waals surface area (Å²) in [6.45, 7) is 6.51. The molecular formula is C16H27NO3S. The highest BCUT2D eigenvalue weighted by Crippen LogP contribution is 2.25. The van der Waals surface area contributed by atoms with Crippen molar-refractivity contribution in [1.82, 2.24) is 5.32 Å². The van der Waals surface area contributed by atoms with Crippen LogP contribution in [0.2, 0.25) is 0 Å². The van der Waals surface area contributed by atoms with Gasteiger partial charge in [0.1, 0.15) is 5.75 Å². The summed E-state index contributed by atoms with van der Waals surface area (Å²) in [5, 5.41) is 2.85. The lowest BCUT2D eigenvalue weighted by Gasteiger charge is -2.25. The molecule has 1 N–H and O–H groups in total. The Labute approximate surface area is 128 Å². The Morgan fingerprint density at radius 2 is 1.81 bits per heavy atom. The summed E-state index contributed by atoms with van der Waals surface area (Å²) in [4.78, 5) is 0. The number of hydrogen-bond donors (Lipinski definition) is 1. The second-order valence-corrected chi connectivity index (χ2v) is 7.71. The molecule has 5 heteroatoms. The number of rotatable bonds is 9. The number of ether oxygens (including phenoxy) is 1. The minimum atomic E-state index is -3.10. The van der Waals surface area contributed by atoms with Crippen LogP contribution in [-0.4, -0.2) is 33.1 Å². The van der Waals surface area contributed by atoms with Crippen molar-refractivity contribution >= 4 is 9.84 Å². The van der Waals surface area contributed by atoms with E-state index in [9.17, 15) is 8.42 Å². The van der Waals surface area contributed by atoms with Gasteiger partial charge < -0.3 is 10.1 Å². The van der Waals surface area contributed by atoms with Crippen molar-refractivity contribution in [2.24, 2.45) is 0 Å². The lowest BCUT2D eigenvalue weighted by atomic mass is 10.0. The predicted octanol–water partition coefficient (Wildman–Crippen LogP) is 2.95. The van der Waals surface area contributed by atoms with Gasteiger partial charge in [0.15, 0.2) is 9.84 Å². The minimum Gasteiger partial charge on any atom is -0.497 e. The smallest absolute Gasteiger partial charge is 0.154 e. The third kappa shape index (κ3) is 5.00. The summed E-state index contributed by atoms with van der Waals surface area (Å²) in [6.07, 6.45) is 1.61. The standard InChI is InChI=1S/C16H27NO3S/c1-5-7-12-21(18,19)13(3)16(17-6-2)14-8-10-15(20-4)11-9-14/h8-11,13,16-17H,5-7,12H2,1-4H3. The van der Waals surface area contributed by atoms with E-state index < -0.39 is 15.1 Å². The molecule has 0 aromatic heterocycles. The molecule has 2 unspecified atom stereocenters. The van der Waals surface area contributed by atoms with Crippen LogP contribution in [-0.2, 0) is 9.84 Å². The average molecular weight is 313 g/mol. The van der Waals surface area contributed by atoms with Crippen LogP contribution in [0.15, 0.2) is 24.3 Å². The van der Waals surface area contributed by atoms with Gasteiger partial charge in [0.2, 0.25) is 0 Å². The molecule has 0 aliphatic rings. The molecule has 1 aromatic carbocycles. The highest BCUT2D eigenvalue weighted by molar-refractivity contribution is 7.92. The van der Waals surface area contributed by atoms with Gasteiger partial charge in [-0.15, -0.1) is 0 Å². The molecule has 0 saturated heterocycles. The second kappa shape index (κ2) is 8.39. The summed E-state index contributed by atoms with van der Waals surface area (Å²) in [5.74, 6) is 1.03. The monoisotopic (exact) mass is 313 g/mol. The van der Waals surface area contributed by atoms with Gasteiger partial charge in [-0.2, -0.15) is 0 Å². The maximum absolute atomic E-state index is 12.4. The zero-order valence-corrected chi connectivity index (χ0v) is 14.2. The first-order valence-electron chi connectivity index (χ1n) is 7.55. The van der Waals surface area contributed by atoms with Crippen LogP contribution in [0.4, 0.5) is 0 Å². The fourth-order valence-corrected chi connectivity index (χ4v) is 4.06. The topological polar surface area (TPSA) is 55.4 Å². The SMILES string of the molecule is CCCCS(=O)(=O)C(C)C(NCC)c1ccc(OC)cc1. The molecule has 0 spiro atoms. The summed E-state index contributed by atoms with van der Waals surface area (Å²) >= 11 is 0. The summed E-state index contributed by atoms with van der Waals surface area (Å²) < 4.78 is 30.0. The van der Waals surface area contributed by atoms with Crippen molar-refractivity contribution in [2.75, 3.05) is 19.4 Å². The molecule has 0 radical (unpaired) electrons. The third-order valence-corrected chi connectivity index (χ3v) is 5.98. The summed E-state index contributed by atoms with van der Waals surface area (Å²) in [6, 6.07) is 7.40. The van der Waals surface area contributed by atoms with Crippen molar-refractivity contribution in [3.8, 4) is 5.75 Å². The molecule has 0 aliphatic carbocycles. The van der Waals surface area contributed by atoms with Crippen LogP contribution >= 0.6 is 0 Å². The molecule has 2 atom stereocenters. The fourth-order valence-electron chi connectivity index (χ4n) is 2.32. The first-order chi connectivity index (χ1) is 9.96. The van der Waals surface area contributed by atoms with E-state index in [1.54, 1.807) is 14.0 Å². The van der Waals surface area contributed by atoms with Gasteiger partial charge in [0.05, 0.1) is 18.1 Å². The van der Waals surface area contributed by atoms with E-state index in [-0.39, 0.29) is 11.8 Å². The van der Waals surface area contributed by atoms with Gasteiger partial charge >= 0.3 is 0 Å². The number of benzene rings is 1. The Morgan fingerprint density at radius 1 is 1.19 bits per heavy atom. The summed E-state index contributed by atoms with van der Waals surface area (Å²) in [7, 11) is -1.48. The minimum absolute atomic E-state index is 0.192. The first kappa shape index (κ1) is 18.0. The first-order valence-corrected chi connectivity index (χ1v) is 9.26. The number of unbranched alkanes of at least 4 members (excludes halogenated alkanes) is 1. The Bertz CT molecular complexity index is 511. The van der Waals surface area contributed by atoms with Crippen LogP contribution in [0, 0.1) is 0 Å². The van der Waals surface area contributed by atoms with E-state index in [1.807, 2.05) is 38.1 Å². The molecule has 1 rings (SSSR count). The van der Waals surface area contributed by atoms with Crippen LogP contribution in [0.25, 0.3) is 0 Å². The Kier molecular flexibility index (Phi) is 7.18. The van der Waals surface area contributed by atoms with E-state index in [4.69, 9.17) is 4.74 Å². The zero-order valence-electron chi connectivity index (χ0n) is 13.4. The highest BCUT2D eigenvalue weighted by Gasteiger charge is 2.29. The van der Waals surface area contributed by atoms with Gasteiger partial charge in [-0.3, -0.25) is 0 Å². The molecule has 4 nitrogen and oxygen atoms in total. The average Bonchev–Trinajstić information content (AvgIpc) is 2.50. The van der Waals surface area contributed by atoms with Crippen LogP contribution < -0.4 is 10.1 Å². The van der Waals surface area contributed by atoms with Gasteiger partial charge in [-0.05, 0) is 37.6 Å². The summed E-state index contributed by atoms with van der Waals surface area (Å²) in [5.41, 5.74) is 0.977. The molecule has 0 heterocycles. The molecule has 0 amide bonds. The molecule has 120 valence electrons. The van der Waals surface area contributed by atoms with Crippen molar-refractivity contribution in [2.45, 2.75) is 44.9 Å². The normalized spacial score (nSPS) is 14.7. The Morgan fingerprint density at radius 3 is 2.29 bits per heavy atom. The molecule has 1 aromatic rings. The molecular weight excluding hydrogens is 286 g/mol. The molecule has 0 aliphatic heterocycles. The Balaban J connectivity index is 2.98. The number of hydrogen-bond acceptors (Lipinski definition) is 4. The molecule has 21 heavy (non-hydrogen) atoms. The quantitative estimate of drug-likeness (QED) is 0.761. The third-order valence-electron chi connectivity index (χ3n) is 3.72.